The number of amides is 1. The molecule has 0 spiro atoms. The van der Waals surface area contributed by atoms with Gasteiger partial charge in [-0.3, -0.25) is 4.79 Å². The number of aromatic hydroxyl groups is 1. The number of oxazole rings is 1. The van der Waals surface area contributed by atoms with Gasteiger partial charge in [-0.15, -0.1) is 0 Å². The van der Waals surface area contributed by atoms with E-state index in [-0.39, 0.29) is 11.7 Å². The largest absolute Gasteiger partial charge is 0.507 e. The van der Waals surface area contributed by atoms with Crippen LogP contribution in [0.5, 0.6) is 5.75 Å². The minimum Gasteiger partial charge on any atom is -0.507 e. The molecule has 0 aliphatic carbocycles. The normalized spacial score (nSPS) is 10.9. The van der Waals surface area contributed by atoms with E-state index < -0.39 is 0 Å². The zero-order valence-corrected chi connectivity index (χ0v) is 13.1. The van der Waals surface area contributed by atoms with Crippen LogP contribution in [0.3, 0.4) is 0 Å². The molecule has 2 N–H and O–H groups in total. The first-order valence-corrected chi connectivity index (χ1v) is 7.57. The lowest BCUT2D eigenvalue weighted by Crippen LogP contribution is -2.10. The van der Waals surface area contributed by atoms with E-state index in [1.807, 2.05) is 32.0 Å². The van der Waals surface area contributed by atoms with Gasteiger partial charge in [0.25, 0.3) is 0 Å². The molecule has 0 radical (unpaired) electrons. The molecule has 0 saturated heterocycles. The fourth-order valence-corrected chi connectivity index (χ4v) is 2.39. The number of aryl methyl sites for hydroxylation is 1. The van der Waals surface area contributed by atoms with Crippen LogP contribution >= 0.6 is 0 Å². The van der Waals surface area contributed by atoms with Gasteiger partial charge in [0.15, 0.2) is 5.58 Å². The molecule has 5 heteroatoms. The summed E-state index contributed by atoms with van der Waals surface area (Å²) >= 11 is 0. The number of anilines is 1. The average Bonchev–Trinajstić information content (AvgIpc) is 2.90. The van der Waals surface area contributed by atoms with Crippen LogP contribution in [0.4, 0.5) is 5.69 Å². The quantitative estimate of drug-likeness (QED) is 0.755. The Morgan fingerprint density at radius 1 is 1.26 bits per heavy atom. The van der Waals surface area contributed by atoms with Crippen molar-refractivity contribution in [3.8, 4) is 17.2 Å². The Hall–Kier alpha value is -2.82. The fraction of sp³-hybridized carbons (Fsp3) is 0.222. The highest BCUT2D eigenvalue weighted by Crippen LogP contribution is 2.33. The number of hydrogen-bond donors (Lipinski definition) is 2. The molecule has 23 heavy (non-hydrogen) atoms. The monoisotopic (exact) mass is 310 g/mol. The minimum atomic E-state index is -0.0722. The molecule has 0 aliphatic heterocycles. The van der Waals surface area contributed by atoms with E-state index in [0.29, 0.717) is 29.1 Å². The maximum absolute atomic E-state index is 11.6. The molecule has 0 fully saturated rings. The molecular weight excluding hydrogens is 292 g/mol. The Morgan fingerprint density at radius 2 is 2.09 bits per heavy atom. The van der Waals surface area contributed by atoms with E-state index in [1.54, 1.807) is 12.1 Å². The number of phenols is 1. The molecular formula is C18H18N2O3. The molecule has 3 aromatic rings. The van der Waals surface area contributed by atoms with Crippen molar-refractivity contribution in [3.05, 3.63) is 42.0 Å². The summed E-state index contributed by atoms with van der Waals surface area (Å²) in [5.74, 6) is 0.300. The van der Waals surface area contributed by atoms with E-state index in [1.165, 1.54) is 6.07 Å². The first kappa shape index (κ1) is 15.1. The van der Waals surface area contributed by atoms with Crippen molar-refractivity contribution in [1.82, 2.24) is 4.98 Å². The summed E-state index contributed by atoms with van der Waals surface area (Å²) in [7, 11) is 0. The maximum Gasteiger partial charge on any atom is 0.231 e. The molecule has 0 aliphatic rings. The van der Waals surface area contributed by atoms with Crippen molar-refractivity contribution in [1.29, 1.82) is 0 Å². The van der Waals surface area contributed by atoms with E-state index in [0.717, 1.165) is 17.5 Å². The highest BCUT2D eigenvalue weighted by atomic mass is 16.3. The summed E-state index contributed by atoms with van der Waals surface area (Å²) in [6.45, 7) is 3.92. The predicted octanol–water partition coefficient (Wildman–Crippen LogP) is 4.25. The smallest absolute Gasteiger partial charge is 0.231 e. The van der Waals surface area contributed by atoms with Crippen molar-refractivity contribution in [2.45, 2.75) is 26.7 Å². The Balaban J connectivity index is 1.91. The third kappa shape index (κ3) is 3.18. The maximum atomic E-state index is 11.6. The van der Waals surface area contributed by atoms with E-state index in [4.69, 9.17) is 4.42 Å². The zero-order chi connectivity index (χ0) is 16.4. The molecule has 3 rings (SSSR count). The van der Waals surface area contributed by atoms with Crippen LogP contribution < -0.4 is 5.32 Å². The number of phenolic OH excluding ortho intramolecular Hbond substituents is 1. The second-order valence-corrected chi connectivity index (χ2v) is 5.52. The number of benzene rings is 2. The van der Waals surface area contributed by atoms with Gasteiger partial charge in [-0.2, -0.15) is 0 Å². The second-order valence-electron chi connectivity index (χ2n) is 5.52. The SMILES string of the molecule is CCCC(=O)Nc1ccc(-c2nc3cc(C)ccc3o2)c(O)c1. The van der Waals surface area contributed by atoms with Gasteiger partial charge >= 0.3 is 0 Å². The van der Waals surface area contributed by atoms with Crippen molar-refractivity contribution >= 4 is 22.7 Å². The van der Waals surface area contributed by atoms with Crippen LogP contribution in [0.2, 0.25) is 0 Å². The van der Waals surface area contributed by atoms with E-state index in [9.17, 15) is 9.90 Å². The zero-order valence-electron chi connectivity index (χ0n) is 13.1. The van der Waals surface area contributed by atoms with Gasteiger partial charge in [-0.25, -0.2) is 4.98 Å². The highest BCUT2D eigenvalue weighted by molar-refractivity contribution is 5.91. The first-order valence-electron chi connectivity index (χ1n) is 7.57. The van der Waals surface area contributed by atoms with Crippen LogP contribution in [-0.2, 0) is 4.79 Å². The molecule has 118 valence electrons. The number of aromatic nitrogens is 1. The molecule has 0 unspecified atom stereocenters. The summed E-state index contributed by atoms with van der Waals surface area (Å²) in [5.41, 5.74) is 3.56. The van der Waals surface area contributed by atoms with Gasteiger partial charge < -0.3 is 14.8 Å². The summed E-state index contributed by atoms with van der Waals surface area (Å²) in [5, 5.41) is 13.0. The Kier molecular flexibility index (Phi) is 4.02. The second kappa shape index (κ2) is 6.12. The lowest BCUT2D eigenvalue weighted by atomic mass is 10.1. The number of rotatable bonds is 4. The summed E-state index contributed by atoms with van der Waals surface area (Å²) < 4.78 is 5.69. The first-order chi connectivity index (χ1) is 11.1. The number of fused-ring (bicyclic) bond motifs is 1. The van der Waals surface area contributed by atoms with Crippen LogP contribution in [0, 0.1) is 6.92 Å². The molecule has 5 nitrogen and oxygen atoms in total. The van der Waals surface area contributed by atoms with Gasteiger partial charge in [-0.1, -0.05) is 13.0 Å². The van der Waals surface area contributed by atoms with Gasteiger partial charge in [0.2, 0.25) is 11.8 Å². The van der Waals surface area contributed by atoms with Crippen LogP contribution in [0.25, 0.3) is 22.6 Å². The standard InChI is InChI=1S/C18H18N2O3/c1-3-4-17(22)19-12-6-7-13(15(21)10-12)18-20-14-9-11(2)5-8-16(14)23-18/h5-10,21H,3-4H2,1-2H3,(H,19,22). The summed E-state index contributed by atoms with van der Waals surface area (Å²) in [6, 6.07) is 10.7. The lowest BCUT2D eigenvalue weighted by molar-refractivity contribution is -0.116. The number of nitrogens with zero attached hydrogens (tertiary/aromatic N) is 1. The van der Waals surface area contributed by atoms with E-state index >= 15 is 0 Å². The molecule has 1 amide bonds. The van der Waals surface area contributed by atoms with Gasteiger partial charge in [0.05, 0.1) is 5.56 Å². The van der Waals surface area contributed by atoms with Gasteiger partial charge in [0, 0.05) is 18.2 Å². The molecule has 1 heterocycles. The summed E-state index contributed by atoms with van der Waals surface area (Å²) in [4.78, 5) is 16.0. The van der Waals surface area contributed by atoms with E-state index in [2.05, 4.69) is 10.3 Å². The number of nitrogens with one attached hydrogen (secondary N) is 1. The van der Waals surface area contributed by atoms with Crippen molar-refractivity contribution < 1.29 is 14.3 Å². The van der Waals surface area contributed by atoms with Crippen molar-refractivity contribution in [2.75, 3.05) is 5.32 Å². The van der Waals surface area contributed by atoms with Gasteiger partial charge in [-0.05, 0) is 43.2 Å². The number of carbonyl (C=O) groups excluding carboxylic acids is 1. The number of hydrogen-bond acceptors (Lipinski definition) is 4. The average molecular weight is 310 g/mol. The Bertz CT molecular complexity index is 868. The summed E-state index contributed by atoms with van der Waals surface area (Å²) in [6.07, 6.45) is 1.23. The fourth-order valence-electron chi connectivity index (χ4n) is 2.39. The Morgan fingerprint density at radius 3 is 2.83 bits per heavy atom. The molecule has 0 atom stereocenters. The predicted molar refractivity (Wildman–Crippen MR) is 89.4 cm³/mol. The third-order valence-corrected chi connectivity index (χ3v) is 3.53. The molecule has 2 aromatic carbocycles. The Labute approximate surface area is 134 Å². The topological polar surface area (TPSA) is 75.4 Å². The highest BCUT2D eigenvalue weighted by Gasteiger charge is 2.13. The van der Waals surface area contributed by atoms with Crippen LogP contribution in [0.15, 0.2) is 40.8 Å². The molecule has 1 aromatic heterocycles. The van der Waals surface area contributed by atoms with Gasteiger partial charge in [0.1, 0.15) is 11.3 Å². The molecule has 0 bridgehead atoms. The molecule has 0 saturated carbocycles. The van der Waals surface area contributed by atoms with Crippen LogP contribution in [-0.4, -0.2) is 16.0 Å². The minimum absolute atomic E-state index is 0.0163. The van der Waals surface area contributed by atoms with Crippen molar-refractivity contribution in [2.24, 2.45) is 0 Å². The number of carbonyl (C=O) groups is 1. The third-order valence-electron chi connectivity index (χ3n) is 3.53. The van der Waals surface area contributed by atoms with Crippen LogP contribution in [0.1, 0.15) is 25.3 Å². The lowest BCUT2D eigenvalue weighted by Gasteiger charge is -2.06. The van der Waals surface area contributed by atoms with Crippen molar-refractivity contribution in [3.63, 3.8) is 0 Å².